The number of carbonyl (C=O) groups is 4. The molecule has 6 aromatic rings. The summed E-state index contributed by atoms with van der Waals surface area (Å²) >= 11 is 0. The smallest absolute Gasteiger partial charge is 0.329 e. The summed E-state index contributed by atoms with van der Waals surface area (Å²) in [7, 11) is 3.14. The third-order valence-corrected chi connectivity index (χ3v) is 14.0. The quantitative estimate of drug-likeness (QED) is 0.124. The second kappa shape index (κ2) is 18.3. The van der Waals surface area contributed by atoms with Crippen LogP contribution in [0.15, 0.2) is 152 Å². The Morgan fingerprint density at radius 1 is 0.765 bits per heavy atom. The average Bonchev–Trinajstić information content (AvgIpc) is 3.84. The van der Waals surface area contributed by atoms with Crippen molar-refractivity contribution in [2.75, 3.05) is 38.9 Å². The summed E-state index contributed by atoms with van der Waals surface area (Å²) in [5.41, 5.74) is 3.53. The molecule has 2 N–H and O–H groups in total. The number of urea groups is 1. The van der Waals surface area contributed by atoms with E-state index >= 15 is 19.2 Å². The maximum Gasteiger partial charge on any atom is 0.329 e. The van der Waals surface area contributed by atoms with E-state index in [4.69, 9.17) is 18.9 Å². The summed E-state index contributed by atoms with van der Waals surface area (Å²) in [5.74, 6) is -1.71. The summed E-state index contributed by atoms with van der Waals surface area (Å²) in [6.07, 6.45) is -0.418. The number of para-hydroxylation sites is 1. The molecule has 0 saturated carbocycles. The molecule has 0 bridgehead atoms. The van der Waals surface area contributed by atoms with Crippen LogP contribution in [0, 0.1) is 5.92 Å². The van der Waals surface area contributed by atoms with Gasteiger partial charge in [0.1, 0.15) is 29.9 Å². The molecule has 68 heavy (non-hydrogen) atoms. The largest absolute Gasteiger partial charge is 0.493 e. The van der Waals surface area contributed by atoms with Gasteiger partial charge in [-0.3, -0.25) is 19.3 Å². The molecular formula is C55H52N4O9. The molecule has 0 aromatic heterocycles. The van der Waals surface area contributed by atoms with Crippen LogP contribution >= 0.6 is 0 Å². The average molecular weight is 913 g/mol. The molecule has 13 nitrogen and oxygen atoms in total. The number of nitrogens with zero attached hydrogens (tertiary/aromatic N) is 3. The van der Waals surface area contributed by atoms with E-state index in [1.54, 1.807) is 61.6 Å². The number of carbonyl (C=O) groups excluding carboxylic acids is 4. The first-order chi connectivity index (χ1) is 33.2. The van der Waals surface area contributed by atoms with Crippen molar-refractivity contribution in [2.45, 2.75) is 55.6 Å². The van der Waals surface area contributed by atoms with Gasteiger partial charge in [0, 0.05) is 13.1 Å². The first kappa shape index (κ1) is 44.4. The van der Waals surface area contributed by atoms with Gasteiger partial charge in [0.25, 0.3) is 0 Å². The van der Waals surface area contributed by atoms with Crippen LogP contribution in [-0.4, -0.2) is 78.7 Å². The third kappa shape index (κ3) is 7.33. The van der Waals surface area contributed by atoms with Crippen molar-refractivity contribution in [3.63, 3.8) is 0 Å². The third-order valence-electron chi connectivity index (χ3n) is 14.0. The summed E-state index contributed by atoms with van der Waals surface area (Å²) in [6.45, 7) is 2.04. The SMILES string of the molecule is COc1cc2c(cc1OC)CN(C(=O)C1C3C(=O)OC(c4ccccc4)C(c4ccccc4)N3C(c3cccc(OCCO)c3)C13C(=O)N(C(=O)NC(C)c1ccccc1)c1ccccc13)CC2. The van der Waals surface area contributed by atoms with E-state index in [0.717, 1.165) is 32.7 Å². The van der Waals surface area contributed by atoms with Crippen molar-refractivity contribution in [3.8, 4) is 17.2 Å². The van der Waals surface area contributed by atoms with E-state index < -0.39 is 65.4 Å². The lowest BCUT2D eigenvalue weighted by atomic mass is 9.65. The van der Waals surface area contributed by atoms with Crippen LogP contribution in [0.4, 0.5) is 10.5 Å². The molecule has 2 fully saturated rings. The van der Waals surface area contributed by atoms with Gasteiger partial charge < -0.3 is 34.3 Å². The highest BCUT2D eigenvalue weighted by molar-refractivity contribution is 6.24. The number of anilines is 1. The number of rotatable bonds is 11. The van der Waals surface area contributed by atoms with Crippen LogP contribution in [0.2, 0.25) is 0 Å². The Morgan fingerprint density at radius 3 is 2.09 bits per heavy atom. The molecule has 7 atom stereocenters. The number of benzene rings is 6. The highest BCUT2D eigenvalue weighted by atomic mass is 16.6. The molecule has 346 valence electrons. The number of nitrogens with one attached hydrogen (secondary N) is 1. The minimum Gasteiger partial charge on any atom is -0.493 e. The minimum absolute atomic E-state index is 0.00413. The predicted octanol–water partition coefficient (Wildman–Crippen LogP) is 7.80. The fourth-order valence-electron chi connectivity index (χ4n) is 11.1. The molecule has 0 radical (unpaired) electrons. The zero-order valence-electron chi connectivity index (χ0n) is 38.0. The Kier molecular flexibility index (Phi) is 11.9. The number of morpholine rings is 1. The second-order valence-corrected chi connectivity index (χ2v) is 17.6. The number of cyclic esters (lactones) is 1. The summed E-state index contributed by atoms with van der Waals surface area (Å²) in [5, 5.41) is 12.9. The van der Waals surface area contributed by atoms with Gasteiger partial charge in [-0.25, -0.2) is 9.69 Å². The fourth-order valence-corrected chi connectivity index (χ4v) is 11.1. The van der Waals surface area contributed by atoms with Crippen molar-refractivity contribution < 1.29 is 43.2 Å². The van der Waals surface area contributed by atoms with E-state index in [1.165, 1.54) is 0 Å². The van der Waals surface area contributed by atoms with Crippen LogP contribution in [0.3, 0.4) is 0 Å². The molecule has 1 spiro atoms. The van der Waals surface area contributed by atoms with E-state index in [-0.39, 0.29) is 26.3 Å². The van der Waals surface area contributed by atoms with Crippen LogP contribution < -0.4 is 24.4 Å². The highest BCUT2D eigenvalue weighted by Gasteiger charge is 2.76. The van der Waals surface area contributed by atoms with Gasteiger partial charge in [0.05, 0.1) is 50.6 Å². The number of hydrogen-bond donors (Lipinski definition) is 2. The molecular weight excluding hydrogens is 861 g/mol. The van der Waals surface area contributed by atoms with Gasteiger partial charge in [-0.1, -0.05) is 121 Å². The topological polar surface area (TPSA) is 147 Å². The van der Waals surface area contributed by atoms with Crippen molar-refractivity contribution in [1.29, 1.82) is 0 Å². The van der Waals surface area contributed by atoms with Crippen LogP contribution in [0.25, 0.3) is 0 Å². The highest BCUT2D eigenvalue weighted by Crippen LogP contribution is 2.66. The van der Waals surface area contributed by atoms with E-state index in [1.807, 2.05) is 121 Å². The maximum absolute atomic E-state index is 16.6. The maximum atomic E-state index is 16.6. The standard InChI is InChI=1S/C55H52N4O9/c1-34(35-16-7-4-8-17-35)56-54(64)58-43-25-14-13-24-42(43)55(53(58)63)46(51(61)57-27-26-38-31-44(65-2)45(66-3)32-40(38)33-57)48-52(62)68-49(37-20-11-6-12-21-37)47(36-18-9-5-10-19-36)59(48)50(55)39-22-15-23-41(30-39)67-29-28-60/h4-25,30-32,34,46-50,60H,26-29,33H2,1-3H3,(H,56,64). The van der Waals surface area contributed by atoms with Gasteiger partial charge >= 0.3 is 12.0 Å². The lowest BCUT2D eigenvalue weighted by molar-refractivity contribution is -0.179. The monoisotopic (exact) mass is 912 g/mol. The lowest BCUT2D eigenvalue weighted by Crippen LogP contribution is -2.57. The number of imide groups is 1. The molecule has 4 aliphatic rings. The zero-order valence-corrected chi connectivity index (χ0v) is 38.0. The molecule has 2 saturated heterocycles. The Morgan fingerprint density at radius 2 is 1.40 bits per heavy atom. The number of hydrogen-bond acceptors (Lipinski definition) is 10. The summed E-state index contributed by atoms with van der Waals surface area (Å²) in [4.78, 5) is 68.4. The Bertz CT molecular complexity index is 2860. The molecule has 0 aliphatic carbocycles. The molecule has 4 heterocycles. The van der Waals surface area contributed by atoms with Gasteiger partial charge in [0.2, 0.25) is 11.8 Å². The van der Waals surface area contributed by atoms with E-state index in [2.05, 4.69) is 5.32 Å². The van der Waals surface area contributed by atoms with Crippen molar-refractivity contribution in [1.82, 2.24) is 15.1 Å². The van der Waals surface area contributed by atoms with Crippen LogP contribution in [0.5, 0.6) is 17.2 Å². The minimum atomic E-state index is -1.92. The molecule has 6 aromatic carbocycles. The molecule has 7 unspecified atom stereocenters. The zero-order chi connectivity index (χ0) is 47.1. The van der Waals surface area contributed by atoms with Gasteiger partial charge in [-0.2, -0.15) is 0 Å². The normalized spacial score (nSPS) is 23.3. The van der Waals surface area contributed by atoms with Crippen molar-refractivity contribution in [2.24, 2.45) is 5.92 Å². The second-order valence-electron chi connectivity index (χ2n) is 17.6. The van der Waals surface area contributed by atoms with Gasteiger partial charge in [0.15, 0.2) is 11.5 Å². The number of fused-ring (bicyclic) bond motifs is 4. The van der Waals surface area contributed by atoms with Crippen LogP contribution in [-0.2, 0) is 37.5 Å². The summed E-state index contributed by atoms with van der Waals surface area (Å²) < 4.78 is 24.0. The number of amides is 4. The predicted molar refractivity (Wildman–Crippen MR) is 253 cm³/mol. The number of methoxy groups -OCH3 is 2. The molecule has 10 rings (SSSR count). The summed E-state index contributed by atoms with van der Waals surface area (Å²) in [6, 6.07) is 42.4. The molecule has 4 aliphatic heterocycles. The van der Waals surface area contributed by atoms with E-state index in [0.29, 0.717) is 40.5 Å². The van der Waals surface area contributed by atoms with Crippen LogP contribution in [0.1, 0.15) is 70.1 Å². The Hall–Kier alpha value is -7.48. The number of esters is 1. The number of ether oxygens (including phenoxy) is 4. The van der Waals surface area contributed by atoms with E-state index in [9.17, 15) is 5.11 Å². The van der Waals surface area contributed by atoms with Crippen molar-refractivity contribution >= 4 is 29.5 Å². The molecule has 13 heteroatoms. The van der Waals surface area contributed by atoms with Crippen molar-refractivity contribution in [3.05, 3.63) is 191 Å². The number of aliphatic hydroxyl groups is 1. The molecule has 4 amide bonds. The fraction of sp³-hybridized carbons (Fsp3) is 0.273. The van der Waals surface area contributed by atoms with Gasteiger partial charge in [-0.05, 0) is 82.6 Å². The van der Waals surface area contributed by atoms with Gasteiger partial charge in [-0.15, -0.1) is 0 Å². The Labute approximate surface area is 394 Å². The lowest BCUT2D eigenvalue weighted by Gasteiger charge is -2.46. The first-order valence-corrected chi connectivity index (χ1v) is 22.9. The number of aliphatic hydroxyl groups excluding tert-OH is 1. The Balaban J connectivity index is 1.22. The first-order valence-electron chi connectivity index (χ1n) is 22.9.